The van der Waals surface area contributed by atoms with Gasteiger partial charge in [0, 0.05) is 29.8 Å². The monoisotopic (exact) mass is 541 g/mol. The highest BCUT2D eigenvalue weighted by Crippen LogP contribution is 2.46. The molecule has 1 N–H and O–H groups in total. The number of nitrogens with zero attached hydrogens (tertiary/aromatic N) is 5. The molecule has 4 heterocycles. The van der Waals surface area contributed by atoms with Crippen LogP contribution in [0.5, 0.6) is 0 Å². The van der Waals surface area contributed by atoms with Crippen LogP contribution in [0, 0.1) is 33.6 Å². The van der Waals surface area contributed by atoms with Crippen molar-refractivity contribution in [2.24, 2.45) is 5.92 Å². The van der Waals surface area contributed by atoms with Crippen molar-refractivity contribution in [1.82, 2.24) is 24.7 Å². The molecule has 1 aromatic carbocycles. The molecular weight excluding hydrogens is 506 g/mol. The fourth-order valence-corrected chi connectivity index (χ4v) is 6.52. The third kappa shape index (κ3) is 4.78. The van der Waals surface area contributed by atoms with E-state index >= 15 is 0 Å². The van der Waals surface area contributed by atoms with E-state index in [1.54, 1.807) is 4.52 Å². The zero-order chi connectivity index (χ0) is 28.0. The lowest BCUT2D eigenvalue weighted by Crippen LogP contribution is -2.46. The van der Waals surface area contributed by atoms with E-state index in [2.05, 4.69) is 44.5 Å². The largest absolute Gasteiger partial charge is 0.512 e. The molecule has 1 unspecified atom stereocenters. The summed E-state index contributed by atoms with van der Waals surface area (Å²) >= 11 is 0. The van der Waals surface area contributed by atoms with Gasteiger partial charge in [0.25, 0.3) is 5.78 Å². The van der Waals surface area contributed by atoms with E-state index in [-0.39, 0.29) is 23.7 Å². The fourth-order valence-electron chi connectivity index (χ4n) is 6.52. The molecule has 0 spiro atoms. The minimum Gasteiger partial charge on any atom is -0.512 e. The second-order valence-corrected chi connectivity index (χ2v) is 11.4. The van der Waals surface area contributed by atoms with E-state index in [0.717, 1.165) is 71.6 Å². The van der Waals surface area contributed by atoms with Gasteiger partial charge in [-0.15, -0.1) is 5.10 Å². The number of carbonyl (C=O) groups excluding carboxylic acids is 1. The highest BCUT2D eigenvalue weighted by Gasteiger charge is 2.48. The summed E-state index contributed by atoms with van der Waals surface area (Å²) in [7, 11) is 0. The lowest BCUT2D eigenvalue weighted by Gasteiger charge is -2.41. The number of aliphatic hydroxyl groups excluding tert-OH is 1. The Bertz CT molecular complexity index is 1590. The Hall–Kier alpha value is -4.01. The Kier molecular flexibility index (Phi) is 6.68. The van der Waals surface area contributed by atoms with Crippen LogP contribution in [0.1, 0.15) is 72.8 Å². The maximum atomic E-state index is 13.4. The highest BCUT2D eigenvalue weighted by atomic mass is 16.6. The standard InChI is InChI=1S/C31H35N5O4/c1-18-15-19(2)36-30(32-18)33-27(34-36)16-25-26(37)17-31(39-29(25)38,24-7-5-6-8-24)14-13-22-9-11-23(12-10-22)28-20(3)35-40-21(28)4/h9-12,15,24,37H,5-8,13-14,16-17H2,1-4H3. The van der Waals surface area contributed by atoms with Crippen molar-refractivity contribution in [2.75, 3.05) is 0 Å². The number of ether oxygens (including phenoxy) is 1. The maximum absolute atomic E-state index is 13.4. The summed E-state index contributed by atoms with van der Waals surface area (Å²) in [6.45, 7) is 7.71. The number of carbonyl (C=O) groups is 1. The Morgan fingerprint density at radius 2 is 1.82 bits per heavy atom. The lowest BCUT2D eigenvalue weighted by molar-refractivity contribution is -0.167. The number of fused-ring (bicyclic) bond motifs is 1. The average Bonchev–Trinajstić information content (AvgIpc) is 3.66. The van der Waals surface area contributed by atoms with Gasteiger partial charge >= 0.3 is 5.97 Å². The van der Waals surface area contributed by atoms with Crippen LogP contribution in [0.3, 0.4) is 0 Å². The van der Waals surface area contributed by atoms with Crippen LogP contribution < -0.4 is 0 Å². The minimum absolute atomic E-state index is 0.0941. The van der Waals surface area contributed by atoms with Gasteiger partial charge in [-0.1, -0.05) is 42.3 Å². The van der Waals surface area contributed by atoms with Crippen LogP contribution in [-0.2, 0) is 22.4 Å². The van der Waals surface area contributed by atoms with Gasteiger partial charge in [-0.2, -0.15) is 4.98 Å². The number of rotatable bonds is 7. The molecule has 0 bridgehead atoms. The van der Waals surface area contributed by atoms with Gasteiger partial charge in [-0.05, 0) is 76.5 Å². The van der Waals surface area contributed by atoms with E-state index in [1.807, 2.05) is 33.8 Å². The first-order chi connectivity index (χ1) is 19.2. The first-order valence-electron chi connectivity index (χ1n) is 14.1. The Balaban J connectivity index is 1.23. The number of aliphatic hydroxyl groups is 1. The first-order valence-corrected chi connectivity index (χ1v) is 14.1. The molecule has 4 aromatic rings. The maximum Gasteiger partial charge on any atom is 0.338 e. The van der Waals surface area contributed by atoms with Crippen LogP contribution in [0.25, 0.3) is 16.9 Å². The summed E-state index contributed by atoms with van der Waals surface area (Å²) in [5, 5.41) is 19.8. The lowest BCUT2D eigenvalue weighted by atomic mass is 9.76. The van der Waals surface area contributed by atoms with E-state index in [0.29, 0.717) is 24.4 Å². The van der Waals surface area contributed by atoms with E-state index < -0.39 is 11.6 Å². The number of hydrogen-bond donors (Lipinski definition) is 1. The average molecular weight is 542 g/mol. The molecule has 9 heteroatoms. The molecule has 0 amide bonds. The zero-order valence-corrected chi connectivity index (χ0v) is 23.5. The van der Waals surface area contributed by atoms with Gasteiger partial charge in [0.15, 0.2) is 5.82 Å². The molecule has 1 aliphatic carbocycles. The summed E-state index contributed by atoms with van der Waals surface area (Å²) in [5.74, 6) is 1.58. The van der Waals surface area contributed by atoms with Gasteiger partial charge in [-0.25, -0.2) is 14.3 Å². The van der Waals surface area contributed by atoms with Crippen molar-refractivity contribution < 1.29 is 19.2 Å². The van der Waals surface area contributed by atoms with Crippen molar-refractivity contribution in [3.05, 3.63) is 75.9 Å². The third-order valence-corrected chi connectivity index (χ3v) is 8.57. The second kappa shape index (κ2) is 10.2. The minimum atomic E-state index is -0.719. The smallest absolute Gasteiger partial charge is 0.338 e. The molecule has 1 aliphatic heterocycles. The number of cyclic esters (lactones) is 1. The van der Waals surface area contributed by atoms with Crippen LogP contribution in [-0.4, -0.2) is 41.4 Å². The van der Waals surface area contributed by atoms with Gasteiger partial charge < -0.3 is 14.4 Å². The van der Waals surface area contributed by atoms with Gasteiger partial charge in [-0.3, -0.25) is 0 Å². The van der Waals surface area contributed by atoms with Crippen molar-refractivity contribution in [2.45, 2.75) is 84.7 Å². The van der Waals surface area contributed by atoms with Crippen molar-refractivity contribution in [1.29, 1.82) is 0 Å². The molecule has 1 atom stereocenters. The number of aromatic nitrogens is 5. The summed E-state index contributed by atoms with van der Waals surface area (Å²) in [6.07, 6.45) is 6.05. The topological polar surface area (TPSA) is 116 Å². The molecule has 0 saturated heterocycles. The van der Waals surface area contributed by atoms with Crippen molar-refractivity contribution >= 4 is 11.7 Å². The fraction of sp³-hybridized carbons (Fsp3) is 0.452. The Morgan fingerprint density at radius 1 is 1.07 bits per heavy atom. The van der Waals surface area contributed by atoms with Gasteiger partial charge in [0.1, 0.15) is 17.1 Å². The molecule has 2 aliphatic rings. The molecular formula is C31H35N5O4. The summed E-state index contributed by atoms with van der Waals surface area (Å²) in [4.78, 5) is 22.4. The molecule has 1 fully saturated rings. The molecule has 208 valence electrons. The normalized spacial score (nSPS) is 20.1. The van der Waals surface area contributed by atoms with Crippen LogP contribution in [0.2, 0.25) is 0 Å². The quantitative estimate of drug-likeness (QED) is 0.289. The summed E-state index contributed by atoms with van der Waals surface area (Å²) < 4.78 is 13.3. The number of hydrogen-bond acceptors (Lipinski definition) is 8. The van der Waals surface area contributed by atoms with E-state index in [9.17, 15) is 9.90 Å². The number of esters is 1. The number of benzene rings is 1. The Labute approximate surface area is 233 Å². The van der Waals surface area contributed by atoms with Crippen LogP contribution in [0.4, 0.5) is 0 Å². The van der Waals surface area contributed by atoms with E-state index in [4.69, 9.17) is 9.26 Å². The van der Waals surface area contributed by atoms with Gasteiger partial charge in [0.05, 0.1) is 11.3 Å². The predicted molar refractivity (Wildman–Crippen MR) is 149 cm³/mol. The molecule has 6 rings (SSSR count). The SMILES string of the molecule is Cc1cc(C)n2nc(CC3=C(O)CC(CCc4ccc(-c5c(C)noc5C)cc4)(C4CCCC4)OC3=O)nc2n1. The summed E-state index contributed by atoms with van der Waals surface area (Å²) in [6, 6.07) is 10.3. The van der Waals surface area contributed by atoms with Crippen LogP contribution >= 0.6 is 0 Å². The molecule has 3 aromatic heterocycles. The van der Waals surface area contributed by atoms with E-state index in [1.165, 1.54) is 0 Å². The highest BCUT2D eigenvalue weighted by molar-refractivity contribution is 5.90. The van der Waals surface area contributed by atoms with Crippen molar-refractivity contribution in [3.8, 4) is 11.1 Å². The van der Waals surface area contributed by atoms with Gasteiger partial charge in [0.2, 0.25) is 0 Å². The zero-order valence-electron chi connectivity index (χ0n) is 23.5. The molecule has 9 nitrogen and oxygen atoms in total. The molecule has 0 radical (unpaired) electrons. The number of aryl methyl sites for hydroxylation is 5. The molecule has 40 heavy (non-hydrogen) atoms. The summed E-state index contributed by atoms with van der Waals surface area (Å²) in [5.41, 5.74) is 5.41. The second-order valence-electron chi connectivity index (χ2n) is 11.4. The Morgan fingerprint density at radius 3 is 2.50 bits per heavy atom. The predicted octanol–water partition coefficient (Wildman–Crippen LogP) is 5.88. The third-order valence-electron chi connectivity index (χ3n) is 8.57. The first kappa shape index (κ1) is 26.2. The van der Waals surface area contributed by atoms with Crippen LogP contribution in [0.15, 0.2) is 46.2 Å². The molecule has 1 saturated carbocycles. The van der Waals surface area contributed by atoms with Crippen molar-refractivity contribution in [3.63, 3.8) is 0 Å².